The number of hydrogen-bond donors (Lipinski definition) is 0. The molecule has 0 aliphatic carbocycles. The first-order valence-electron chi connectivity index (χ1n) is 12.0. The predicted octanol–water partition coefficient (Wildman–Crippen LogP) is 1.45. The van der Waals surface area contributed by atoms with Gasteiger partial charge in [-0.25, -0.2) is 0 Å². The van der Waals surface area contributed by atoms with Gasteiger partial charge in [-0.15, -0.1) is 0 Å². The summed E-state index contributed by atoms with van der Waals surface area (Å²) in [5.41, 5.74) is -0.939. The van der Waals surface area contributed by atoms with Crippen molar-refractivity contribution in [2.75, 3.05) is 27.4 Å². The van der Waals surface area contributed by atoms with Gasteiger partial charge in [-0.1, -0.05) is 13.8 Å². The first-order chi connectivity index (χ1) is 16.2. The van der Waals surface area contributed by atoms with Crippen LogP contribution in [0.2, 0.25) is 0 Å². The molecule has 2 fully saturated rings. The molecule has 0 aromatic heterocycles. The Morgan fingerprint density at radius 1 is 0.857 bits per heavy atom. The Morgan fingerprint density at radius 2 is 1.34 bits per heavy atom. The van der Waals surface area contributed by atoms with Crippen molar-refractivity contribution < 1.29 is 46.9 Å². The van der Waals surface area contributed by atoms with Crippen LogP contribution in [0.15, 0.2) is 0 Å². The fourth-order valence-electron chi connectivity index (χ4n) is 4.08. The summed E-state index contributed by atoms with van der Waals surface area (Å²) in [6.45, 7) is 11.3. The SMILES string of the molecule is [B]C1OC(COP(=O)([O-])OC2C(COC(C)(CC)CC)OC([B])C2OC)C(OC(C)(C)C)C1OC. The molecule has 0 amide bonds. The predicted molar refractivity (Wildman–Crippen MR) is 128 cm³/mol. The summed E-state index contributed by atoms with van der Waals surface area (Å²) >= 11 is 0. The minimum absolute atomic E-state index is 0.0774. The summed E-state index contributed by atoms with van der Waals surface area (Å²) in [5.74, 6) is 0. The average molecular weight is 517 g/mol. The van der Waals surface area contributed by atoms with E-state index < -0.39 is 62.1 Å². The van der Waals surface area contributed by atoms with E-state index in [2.05, 4.69) is 0 Å². The third kappa shape index (κ3) is 8.50. The molecule has 2 aliphatic heterocycles. The van der Waals surface area contributed by atoms with Gasteiger partial charge in [0, 0.05) is 26.2 Å². The maximum absolute atomic E-state index is 12.8. The fourth-order valence-corrected chi connectivity index (χ4v) is 5.02. The van der Waals surface area contributed by atoms with Crippen LogP contribution in [-0.2, 0) is 42.0 Å². The zero-order valence-electron chi connectivity index (χ0n) is 22.1. The van der Waals surface area contributed by atoms with E-state index in [4.69, 9.17) is 53.2 Å². The largest absolute Gasteiger partial charge is 0.756 e. The van der Waals surface area contributed by atoms with E-state index in [1.165, 1.54) is 14.2 Å². The standard InChI is InChI=1S/C22H41B2O10P/c1-9-22(6,10-2)29-11-13-16(18(28-8)20(24)31-13)34-35(25,26)30-12-14-15(33-21(3,4)5)17(27-7)19(23)32-14/h13-20H,9-12H2,1-8H3,(H,25,26)/p-1. The van der Waals surface area contributed by atoms with Gasteiger partial charge >= 0.3 is 0 Å². The smallest absolute Gasteiger partial charge is 0.268 e. The Morgan fingerprint density at radius 3 is 1.80 bits per heavy atom. The van der Waals surface area contributed by atoms with Gasteiger partial charge < -0.3 is 42.4 Å². The Kier molecular flexibility index (Phi) is 11.3. The number of methoxy groups -OCH3 is 2. The molecule has 9 atom stereocenters. The molecule has 0 spiro atoms. The molecule has 2 aliphatic rings. The van der Waals surface area contributed by atoms with E-state index in [1.807, 2.05) is 41.5 Å². The molecule has 0 aromatic rings. The molecular weight excluding hydrogens is 477 g/mol. The van der Waals surface area contributed by atoms with Crippen LogP contribution >= 0.6 is 7.82 Å². The Balaban J connectivity index is 2.08. The highest BCUT2D eigenvalue weighted by Crippen LogP contribution is 2.45. The molecule has 13 heteroatoms. The first-order valence-corrected chi connectivity index (χ1v) is 13.5. The lowest BCUT2D eigenvalue weighted by Gasteiger charge is -2.34. The molecule has 0 bridgehead atoms. The van der Waals surface area contributed by atoms with E-state index in [1.54, 1.807) is 0 Å². The molecule has 0 aromatic carbocycles. The number of rotatable bonds is 13. The lowest BCUT2D eigenvalue weighted by Crippen LogP contribution is -2.43. The van der Waals surface area contributed by atoms with Crippen molar-refractivity contribution in [3.05, 3.63) is 0 Å². The van der Waals surface area contributed by atoms with Crippen molar-refractivity contribution in [2.45, 2.75) is 114 Å². The van der Waals surface area contributed by atoms with Gasteiger partial charge in [-0.3, -0.25) is 4.57 Å². The van der Waals surface area contributed by atoms with Gasteiger partial charge in [-0.05, 0) is 40.5 Å². The molecule has 0 saturated carbocycles. The van der Waals surface area contributed by atoms with E-state index in [0.717, 1.165) is 12.8 Å². The lowest BCUT2D eigenvalue weighted by atomic mass is 9.92. The summed E-state index contributed by atoms with van der Waals surface area (Å²) in [6, 6.07) is -1.70. The van der Waals surface area contributed by atoms with Gasteiger partial charge in [-0.2, -0.15) is 0 Å². The second-order valence-electron chi connectivity index (χ2n) is 10.2. The van der Waals surface area contributed by atoms with Crippen LogP contribution in [0.25, 0.3) is 0 Å². The normalized spacial score (nSPS) is 35.9. The van der Waals surface area contributed by atoms with Crippen LogP contribution in [0, 0.1) is 0 Å². The summed E-state index contributed by atoms with van der Waals surface area (Å²) < 4.78 is 57.6. The maximum Gasteiger partial charge on any atom is 0.268 e. The van der Waals surface area contributed by atoms with Crippen molar-refractivity contribution in [2.24, 2.45) is 0 Å². The van der Waals surface area contributed by atoms with Crippen molar-refractivity contribution in [3.8, 4) is 0 Å². The molecular formula is C22H40B2O10P-. The molecule has 2 heterocycles. The Labute approximate surface area is 212 Å². The average Bonchev–Trinajstić information content (AvgIpc) is 3.23. The van der Waals surface area contributed by atoms with Crippen molar-refractivity contribution >= 4 is 23.5 Å². The summed E-state index contributed by atoms with van der Waals surface area (Å²) in [7, 11) is 10.0. The molecule has 0 N–H and O–H groups in total. The van der Waals surface area contributed by atoms with Gasteiger partial charge in [0.05, 0.1) is 24.4 Å². The van der Waals surface area contributed by atoms with Gasteiger partial charge in [0.15, 0.2) is 0 Å². The lowest BCUT2D eigenvalue weighted by molar-refractivity contribution is -0.237. The Hall–Kier alpha value is -0.000130. The number of hydrogen-bond acceptors (Lipinski definition) is 10. The molecule has 2 rings (SSSR count). The van der Waals surface area contributed by atoms with Crippen molar-refractivity contribution in [1.29, 1.82) is 0 Å². The topological polar surface area (TPSA) is 114 Å². The van der Waals surface area contributed by atoms with Crippen LogP contribution in [-0.4, -0.2) is 103 Å². The maximum atomic E-state index is 12.8. The van der Waals surface area contributed by atoms with Crippen molar-refractivity contribution in [1.82, 2.24) is 0 Å². The highest BCUT2D eigenvalue weighted by atomic mass is 31.2. The quantitative estimate of drug-likeness (QED) is 0.263. The summed E-state index contributed by atoms with van der Waals surface area (Å²) in [6.07, 6.45) is -3.17. The second-order valence-corrected chi connectivity index (χ2v) is 11.5. The molecule has 9 unspecified atom stereocenters. The number of ether oxygens (including phenoxy) is 6. The van der Waals surface area contributed by atoms with E-state index in [-0.39, 0.29) is 18.8 Å². The second kappa shape index (κ2) is 12.7. The Bertz CT molecular complexity index is 704. The molecule has 4 radical (unpaired) electrons. The van der Waals surface area contributed by atoms with Crippen LogP contribution in [0.4, 0.5) is 0 Å². The summed E-state index contributed by atoms with van der Waals surface area (Å²) in [4.78, 5) is 12.8. The van der Waals surface area contributed by atoms with Gasteiger partial charge in [0.25, 0.3) is 7.82 Å². The third-order valence-corrected chi connectivity index (χ3v) is 7.43. The minimum Gasteiger partial charge on any atom is -0.756 e. The monoisotopic (exact) mass is 517 g/mol. The van der Waals surface area contributed by atoms with Crippen LogP contribution in [0.1, 0.15) is 54.4 Å². The van der Waals surface area contributed by atoms with Crippen LogP contribution < -0.4 is 4.89 Å². The minimum atomic E-state index is -4.85. The molecule has 200 valence electrons. The highest BCUT2D eigenvalue weighted by molar-refractivity contribution is 7.45. The fraction of sp³-hybridized carbons (Fsp3) is 1.00. The third-order valence-electron chi connectivity index (χ3n) is 6.47. The number of phosphoric acid groups is 1. The molecule has 10 nitrogen and oxygen atoms in total. The highest BCUT2D eigenvalue weighted by Gasteiger charge is 2.48. The zero-order chi connectivity index (χ0) is 26.6. The first kappa shape index (κ1) is 31.2. The van der Waals surface area contributed by atoms with Gasteiger partial charge in [0.1, 0.15) is 52.3 Å². The number of phosphoric ester groups is 1. The van der Waals surface area contributed by atoms with Crippen LogP contribution in [0.3, 0.4) is 0 Å². The zero-order valence-corrected chi connectivity index (χ0v) is 23.0. The van der Waals surface area contributed by atoms with Crippen molar-refractivity contribution in [3.63, 3.8) is 0 Å². The van der Waals surface area contributed by atoms with E-state index in [9.17, 15) is 9.46 Å². The molecule has 35 heavy (non-hydrogen) atoms. The summed E-state index contributed by atoms with van der Waals surface area (Å²) in [5, 5.41) is 0. The van der Waals surface area contributed by atoms with E-state index in [0.29, 0.717) is 0 Å². The van der Waals surface area contributed by atoms with E-state index >= 15 is 0 Å². The molecule has 2 saturated heterocycles. The van der Waals surface area contributed by atoms with Crippen LogP contribution in [0.5, 0.6) is 0 Å². The van der Waals surface area contributed by atoms with Gasteiger partial charge in [0.2, 0.25) is 0 Å².